The van der Waals surface area contributed by atoms with Crippen molar-refractivity contribution in [3.63, 3.8) is 0 Å². The zero-order valence-corrected chi connectivity index (χ0v) is 27.5. The number of hydrogen-bond acceptors (Lipinski definition) is 21. The van der Waals surface area contributed by atoms with E-state index in [2.05, 4.69) is 15.0 Å². The molecule has 0 fully saturated rings. The summed E-state index contributed by atoms with van der Waals surface area (Å²) in [6.45, 7) is 1.46. The fraction of sp³-hybridized carbons (Fsp3) is 1.00. The second-order valence-electron chi connectivity index (χ2n) is 4.58. The molecule has 0 aromatic heterocycles. The molecule has 0 heterocycles. The number of nitrogens with two attached hydrogens (primary N) is 7. The molecule has 1 unspecified atom stereocenters. The summed E-state index contributed by atoms with van der Waals surface area (Å²) in [4.78, 5) is 0. The third-order valence-electron chi connectivity index (χ3n) is 2.01. The standard InChI is InChI=1S/C3H12N3O3PS3.2H7N4O3PS3/c1-3-13(8,9)6-10(7,11-4)12-5-2;2*1-9-8(5,10-2)4-11(3,6)7/h5H,3-4H2,1-2H3,(H,6,7);2*1-2H2,(H,4,5)(H2,3,6,7). The van der Waals surface area contributed by atoms with Gasteiger partial charge in [-0.1, -0.05) is 0 Å². The van der Waals surface area contributed by atoms with Gasteiger partial charge in [-0.2, -0.15) is 16.8 Å². The molecule has 0 rings (SSSR count). The molecular weight excluding hydrogens is 716 g/mol. The molecule has 20 nitrogen and oxygen atoms in total. The fourth-order valence-electron chi connectivity index (χ4n) is 0.864. The Bertz CT molecular complexity index is 1010. The van der Waals surface area contributed by atoms with Gasteiger partial charge >= 0.3 is 0 Å². The molecule has 0 spiro atoms. The molecule has 0 radical (unpaired) electrons. The minimum absolute atomic E-state index is 0.123. The van der Waals surface area contributed by atoms with E-state index in [9.17, 15) is 38.9 Å². The van der Waals surface area contributed by atoms with Gasteiger partial charge in [-0.3, -0.25) is 44.1 Å². The Morgan fingerprint density at radius 2 is 0.914 bits per heavy atom. The average Bonchev–Trinajstić information content (AvgIpc) is 2.72. The maximum absolute atomic E-state index is 11.6. The van der Waals surface area contributed by atoms with Crippen LogP contribution in [0.3, 0.4) is 0 Å². The Balaban J connectivity index is -0.000000441. The molecule has 216 valence electrons. The van der Waals surface area contributed by atoms with E-state index >= 15 is 0 Å². The van der Waals surface area contributed by atoms with Crippen LogP contribution in [0.25, 0.3) is 0 Å². The molecule has 0 aliphatic rings. The van der Waals surface area contributed by atoms with Crippen molar-refractivity contribution in [2.75, 3.05) is 12.8 Å². The van der Waals surface area contributed by atoms with Gasteiger partial charge < -0.3 is 0 Å². The van der Waals surface area contributed by atoms with Crippen LogP contribution in [0.15, 0.2) is 0 Å². The molecule has 35 heavy (non-hydrogen) atoms. The Kier molecular flexibility index (Phi) is 22.1. The molecule has 0 aromatic rings. The van der Waals surface area contributed by atoms with Crippen molar-refractivity contribution in [2.24, 2.45) is 36.0 Å². The molecule has 0 aromatic carbocycles. The third-order valence-corrected chi connectivity index (χ3v) is 24.4. The highest BCUT2D eigenvalue weighted by atomic mass is 33.1. The fourth-order valence-corrected chi connectivity index (χ4v) is 17.8. The van der Waals surface area contributed by atoms with Crippen LogP contribution in [0.2, 0.25) is 0 Å². The Morgan fingerprint density at radius 3 is 1.06 bits per heavy atom. The first-order valence-corrected chi connectivity index (χ1v) is 26.0. The summed E-state index contributed by atoms with van der Waals surface area (Å²) < 4.78 is 105. The van der Waals surface area contributed by atoms with Gasteiger partial charge in [-0.05, 0) is 14.0 Å². The van der Waals surface area contributed by atoms with E-state index in [1.165, 1.54) is 14.0 Å². The van der Waals surface area contributed by atoms with Gasteiger partial charge in [0.05, 0.1) is 5.75 Å². The van der Waals surface area contributed by atoms with Crippen LogP contribution >= 0.6 is 86.5 Å². The van der Waals surface area contributed by atoms with Gasteiger partial charge in [0, 0.05) is 69.4 Å². The van der Waals surface area contributed by atoms with E-state index in [0.29, 0.717) is 57.8 Å². The van der Waals surface area contributed by atoms with Crippen molar-refractivity contribution >= 4 is 117 Å². The lowest BCUT2D eigenvalue weighted by Crippen LogP contribution is -2.27. The van der Waals surface area contributed by atoms with Crippen LogP contribution in [0, 0.1) is 0 Å². The molecule has 0 saturated heterocycles. The minimum Gasteiger partial charge on any atom is -0.279 e. The van der Waals surface area contributed by atoms with E-state index < -0.39 is 47.5 Å². The summed E-state index contributed by atoms with van der Waals surface area (Å²) in [7, 11) is -9.99. The number of sulfonamides is 1. The maximum Gasteiger partial charge on any atom is 0.297 e. The maximum atomic E-state index is 11.6. The summed E-state index contributed by atoms with van der Waals surface area (Å²) in [5.41, 5.74) is -9.93. The quantitative estimate of drug-likeness (QED) is 0.0728. The van der Waals surface area contributed by atoms with Gasteiger partial charge in [0.1, 0.15) is 0 Å². The third kappa shape index (κ3) is 23.8. The lowest BCUT2D eigenvalue weighted by atomic mass is 11.0. The van der Waals surface area contributed by atoms with Gasteiger partial charge in [-0.15, -0.1) is 13.5 Å². The number of nitrogens with one attached hydrogen (secondary N) is 4. The second-order valence-corrected chi connectivity index (χ2v) is 30.4. The molecule has 18 N–H and O–H groups in total. The van der Waals surface area contributed by atoms with Crippen molar-refractivity contribution in [1.29, 1.82) is 0 Å². The number of rotatable bonds is 14. The van der Waals surface area contributed by atoms with Crippen molar-refractivity contribution in [3.05, 3.63) is 0 Å². The average molecular weight is 742 g/mol. The summed E-state index contributed by atoms with van der Waals surface area (Å²) in [6, 6.07) is 0. The summed E-state index contributed by atoms with van der Waals surface area (Å²) in [6.07, 6.45) is 0. The monoisotopic (exact) mass is 741 g/mol. The van der Waals surface area contributed by atoms with Crippen molar-refractivity contribution in [1.82, 2.24) is 18.2 Å². The molecular formula is C3H26N11O9P3S9. The van der Waals surface area contributed by atoms with E-state index in [0.717, 1.165) is 11.6 Å². The molecule has 0 amide bonds. The van der Waals surface area contributed by atoms with Crippen LogP contribution in [0.4, 0.5) is 0 Å². The van der Waals surface area contributed by atoms with Gasteiger partial charge in [-0.25, -0.2) is 18.7 Å². The molecule has 1 atom stereocenters. The Morgan fingerprint density at radius 1 is 0.629 bits per heavy atom. The number of hydrogen-bond donors (Lipinski definition) is 11. The highest BCUT2D eigenvalue weighted by Crippen LogP contribution is 2.62. The molecule has 0 saturated carbocycles. The van der Waals surface area contributed by atoms with Crippen LogP contribution in [0.5, 0.6) is 0 Å². The van der Waals surface area contributed by atoms with Gasteiger partial charge in [0.2, 0.25) is 10.0 Å². The van der Waals surface area contributed by atoms with Gasteiger partial charge in [0.25, 0.3) is 37.5 Å². The van der Waals surface area contributed by atoms with E-state index in [1.54, 1.807) is 8.99 Å². The zero-order valence-electron chi connectivity index (χ0n) is 17.4. The lowest BCUT2D eigenvalue weighted by Gasteiger charge is -2.13. The lowest BCUT2D eigenvalue weighted by molar-refractivity contribution is 0.578. The Labute approximate surface area is 228 Å². The van der Waals surface area contributed by atoms with Crippen molar-refractivity contribution in [2.45, 2.75) is 6.92 Å². The summed E-state index contributed by atoms with van der Waals surface area (Å²) in [5.74, 6) is -0.123. The predicted molar refractivity (Wildman–Crippen MR) is 153 cm³/mol. The van der Waals surface area contributed by atoms with Crippen LogP contribution in [-0.2, 0) is 44.1 Å². The topological polar surface area (TPSA) is 384 Å². The molecule has 0 bridgehead atoms. The second kappa shape index (κ2) is 18.5. The first-order chi connectivity index (χ1) is 15.5. The Hall–Kier alpha value is 2.20. The first-order valence-electron chi connectivity index (χ1n) is 7.28. The summed E-state index contributed by atoms with van der Waals surface area (Å²) >= 11 is 2.57. The molecule has 32 heteroatoms. The van der Waals surface area contributed by atoms with Crippen LogP contribution in [-0.4, -0.2) is 38.1 Å². The molecule has 0 aliphatic heterocycles. The van der Waals surface area contributed by atoms with E-state index in [1.807, 2.05) is 4.49 Å². The minimum atomic E-state index is -4.02. The van der Waals surface area contributed by atoms with E-state index in [4.69, 9.17) is 25.7 Å². The highest BCUT2D eigenvalue weighted by Gasteiger charge is 2.28. The first kappa shape index (κ1) is 41.7. The largest absolute Gasteiger partial charge is 0.297 e. The zero-order chi connectivity index (χ0) is 28.8. The smallest absolute Gasteiger partial charge is 0.279 e. The SMILES string of the molecule is CCS(=O)(=O)NP(=O)(SN)SNC.NSP(=O)(NS(N)(=O)=O)SN.NSP(=O)(NS(N)(=O)=O)SN. The predicted octanol–water partition coefficient (Wildman–Crippen LogP) is -1.29. The van der Waals surface area contributed by atoms with Gasteiger partial charge in [0.15, 0.2) is 0 Å². The van der Waals surface area contributed by atoms with Crippen LogP contribution < -0.4 is 54.2 Å². The van der Waals surface area contributed by atoms with E-state index in [-0.39, 0.29) is 5.75 Å². The summed E-state index contributed by atoms with van der Waals surface area (Å²) in [5, 5.41) is 33.7. The highest BCUT2D eigenvalue weighted by molar-refractivity contribution is 8.90. The van der Waals surface area contributed by atoms with Crippen molar-refractivity contribution in [3.8, 4) is 0 Å². The normalized spacial score (nSPS) is 14.7. The molecule has 0 aliphatic carbocycles. The van der Waals surface area contributed by atoms with Crippen molar-refractivity contribution < 1.29 is 38.9 Å². The van der Waals surface area contributed by atoms with Crippen LogP contribution in [0.1, 0.15) is 6.92 Å².